The maximum atomic E-state index is 11.5. The van der Waals surface area contributed by atoms with E-state index in [1.165, 1.54) is 12.3 Å². The van der Waals surface area contributed by atoms with Crippen molar-refractivity contribution in [2.75, 3.05) is 10.5 Å². The van der Waals surface area contributed by atoms with Crippen LogP contribution in [0.25, 0.3) is 0 Å². The number of anilines is 1. The minimum atomic E-state index is -3.42. The van der Waals surface area contributed by atoms with Gasteiger partial charge in [0.15, 0.2) is 0 Å². The quantitative estimate of drug-likeness (QED) is 0.835. The van der Waals surface area contributed by atoms with E-state index >= 15 is 0 Å². The molecular weight excluding hydrogens is 250 g/mol. The Morgan fingerprint density at radius 3 is 2.88 bits per heavy atom. The van der Waals surface area contributed by atoms with Gasteiger partial charge in [0.1, 0.15) is 16.8 Å². The third kappa shape index (κ3) is 3.08. The average Bonchev–Trinajstić information content (AvgIpc) is 2.17. The van der Waals surface area contributed by atoms with Crippen LogP contribution in [0, 0.1) is 11.3 Å². The monoisotopic (exact) mass is 259 g/mol. The molecule has 1 N–H and O–H groups in total. The number of sulfonamides is 1. The molecule has 0 saturated carbocycles. The molecule has 0 unspecified atom stereocenters. The van der Waals surface area contributed by atoms with Crippen molar-refractivity contribution in [3.63, 3.8) is 0 Å². The van der Waals surface area contributed by atoms with E-state index in [1.807, 2.05) is 6.07 Å². The molecule has 0 amide bonds. The van der Waals surface area contributed by atoms with Crippen molar-refractivity contribution < 1.29 is 8.42 Å². The average molecular weight is 260 g/mol. The topological polar surface area (TPSA) is 82.8 Å². The highest BCUT2D eigenvalue weighted by Crippen LogP contribution is 2.21. The van der Waals surface area contributed by atoms with Gasteiger partial charge in [-0.3, -0.25) is 4.72 Å². The first-order chi connectivity index (χ1) is 7.50. The predicted octanol–water partition coefficient (Wildman–Crippen LogP) is 1.76. The van der Waals surface area contributed by atoms with Crippen LogP contribution in [-0.4, -0.2) is 19.2 Å². The molecule has 5 nitrogen and oxygen atoms in total. The van der Waals surface area contributed by atoms with Crippen molar-refractivity contribution in [2.24, 2.45) is 0 Å². The fourth-order valence-electron chi connectivity index (χ4n) is 1.11. The molecule has 0 spiro atoms. The van der Waals surface area contributed by atoms with Gasteiger partial charge in [0, 0.05) is 6.20 Å². The lowest BCUT2D eigenvalue weighted by atomic mass is 10.3. The zero-order valence-corrected chi connectivity index (χ0v) is 10.1. The van der Waals surface area contributed by atoms with E-state index < -0.39 is 10.0 Å². The Bertz CT molecular complexity index is 522. The van der Waals surface area contributed by atoms with Crippen LogP contribution in [0.5, 0.6) is 0 Å². The highest BCUT2D eigenvalue weighted by atomic mass is 35.5. The number of rotatable bonds is 4. The molecule has 1 aromatic rings. The minimum absolute atomic E-state index is 0.00217. The predicted molar refractivity (Wildman–Crippen MR) is 61.7 cm³/mol. The number of pyridine rings is 1. The lowest BCUT2D eigenvalue weighted by molar-refractivity contribution is 0.600. The maximum absolute atomic E-state index is 11.5. The van der Waals surface area contributed by atoms with Crippen LogP contribution >= 0.6 is 11.6 Å². The maximum Gasteiger partial charge on any atom is 0.232 e. The van der Waals surface area contributed by atoms with Crippen LogP contribution in [0.15, 0.2) is 12.3 Å². The summed E-state index contributed by atoms with van der Waals surface area (Å²) in [7, 11) is -3.42. The second kappa shape index (κ2) is 5.14. The van der Waals surface area contributed by atoms with Gasteiger partial charge in [-0.1, -0.05) is 18.5 Å². The molecule has 16 heavy (non-hydrogen) atoms. The molecule has 0 saturated heterocycles. The Labute approximate surface area is 99.1 Å². The second-order valence-corrected chi connectivity index (χ2v) is 5.26. The van der Waals surface area contributed by atoms with Crippen LogP contribution in [0.3, 0.4) is 0 Å². The fourth-order valence-corrected chi connectivity index (χ4v) is 2.46. The minimum Gasteiger partial charge on any atom is -0.282 e. The first-order valence-electron chi connectivity index (χ1n) is 4.55. The van der Waals surface area contributed by atoms with E-state index in [2.05, 4.69) is 9.71 Å². The molecule has 0 radical (unpaired) electrons. The van der Waals surface area contributed by atoms with Gasteiger partial charge in [-0.25, -0.2) is 13.4 Å². The number of aromatic nitrogens is 1. The fraction of sp³-hybridized carbons (Fsp3) is 0.333. The number of hydrogen-bond acceptors (Lipinski definition) is 4. The molecule has 0 aliphatic rings. The van der Waals surface area contributed by atoms with Gasteiger partial charge in [0.25, 0.3) is 0 Å². The summed E-state index contributed by atoms with van der Waals surface area (Å²) < 4.78 is 25.3. The molecule has 0 aromatic carbocycles. The molecule has 0 aliphatic carbocycles. The zero-order valence-electron chi connectivity index (χ0n) is 8.57. The Kier molecular flexibility index (Phi) is 4.10. The summed E-state index contributed by atoms with van der Waals surface area (Å²) >= 11 is 5.67. The summed E-state index contributed by atoms with van der Waals surface area (Å²) in [5.74, 6) is -0.00217. The van der Waals surface area contributed by atoms with Crippen LogP contribution in [0.4, 0.5) is 5.69 Å². The summed E-state index contributed by atoms with van der Waals surface area (Å²) in [5, 5.41) is 8.80. The van der Waals surface area contributed by atoms with Crippen molar-refractivity contribution in [1.29, 1.82) is 5.26 Å². The Morgan fingerprint density at radius 1 is 1.62 bits per heavy atom. The van der Waals surface area contributed by atoms with Crippen molar-refractivity contribution in [2.45, 2.75) is 13.3 Å². The smallest absolute Gasteiger partial charge is 0.232 e. The molecular formula is C9H10ClN3O2S. The summed E-state index contributed by atoms with van der Waals surface area (Å²) in [6.07, 6.45) is 1.84. The summed E-state index contributed by atoms with van der Waals surface area (Å²) in [6.45, 7) is 1.75. The first-order valence-corrected chi connectivity index (χ1v) is 6.58. The molecule has 7 heteroatoms. The van der Waals surface area contributed by atoms with Crippen molar-refractivity contribution >= 4 is 27.3 Å². The molecule has 1 heterocycles. The number of nitrogens with one attached hydrogen (secondary N) is 1. The van der Waals surface area contributed by atoms with Gasteiger partial charge in [0.2, 0.25) is 10.0 Å². The van der Waals surface area contributed by atoms with Crippen molar-refractivity contribution in [3.8, 4) is 6.07 Å². The standard InChI is InChI=1S/C9H10ClN3O2S/c1-2-5-16(14,15)13-8-3-4-12-9(10)7(8)6-11/h3-4H,2,5H2,1H3,(H,12,13). The SMILES string of the molecule is CCCS(=O)(=O)Nc1ccnc(Cl)c1C#N. The van der Waals surface area contributed by atoms with Gasteiger partial charge >= 0.3 is 0 Å². The number of nitriles is 1. The van der Waals surface area contributed by atoms with E-state index in [-0.39, 0.29) is 22.2 Å². The highest BCUT2D eigenvalue weighted by Gasteiger charge is 2.14. The number of halogens is 1. The zero-order chi connectivity index (χ0) is 12.2. The van der Waals surface area contributed by atoms with Gasteiger partial charge in [-0.2, -0.15) is 5.26 Å². The molecule has 0 atom stereocenters. The molecule has 0 fully saturated rings. The lowest BCUT2D eigenvalue weighted by Crippen LogP contribution is -2.17. The number of hydrogen-bond donors (Lipinski definition) is 1. The largest absolute Gasteiger partial charge is 0.282 e. The van der Waals surface area contributed by atoms with Crippen LogP contribution < -0.4 is 4.72 Å². The molecule has 1 aromatic heterocycles. The van der Waals surface area contributed by atoms with E-state index in [0.29, 0.717) is 6.42 Å². The molecule has 0 aliphatic heterocycles. The highest BCUT2D eigenvalue weighted by molar-refractivity contribution is 7.92. The van der Waals surface area contributed by atoms with E-state index in [4.69, 9.17) is 16.9 Å². The third-order valence-corrected chi connectivity index (χ3v) is 3.52. The molecule has 86 valence electrons. The molecule has 1 rings (SSSR count). The lowest BCUT2D eigenvalue weighted by Gasteiger charge is -2.08. The van der Waals surface area contributed by atoms with Crippen molar-refractivity contribution in [3.05, 3.63) is 23.0 Å². The Hall–Kier alpha value is -1.32. The first kappa shape index (κ1) is 12.7. The van der Waals surface area contributed by atoms with Gasteiger partial charge in [-0.15, -0.1) is 0 Å². The molecule has 0 bridgehead atoms. The van der Waals surface area contributed by atoms with Crippen LogP contribution in [0.2, 0.25) is 5.15 Å². The normalized spacial score (nSPS) is 10.8. The van der Waals surface area contributed by atoms with E-state index in [0.717, 1.165) is 0 Å². The second-order valence-electron chi connectivity index (χ2n) is 3.06. The van der Waals surface area contributed by atoms with Gasteiger partial charge in [-0.05, 0) is 12.5 Å². The Morgan fingerprint density at radius 2 is 2.31 bits per heavy atom. The van der Waals surface area contributed by atoms with Crippen molar-refractivity contribution in [1.82, 2.24) is 4.98 Å². The summed E-state index contributed by atoms with van der Waals surface area (Å²) in [5.41, 5.74) is 0.194. The van der Waals surface area contributed by atoms with Crippen LogP contribution in [0.1, 0.15) is 18.9 Å². The summed E-state index contributed by atoms with van der Waals surface area (Å²) in [6, 6.07) is 3.21. The van der Waals surface area contributed by atoms with Crippen LogP contribution in [-0.2, 0) is 10.0 Å². The van der Waals surface area contributed by atoms with Gasteiger partial charge in [0.05, 0.1) is 11.4 Å². The van der Waals surface area contributed by atoms with E-state index in [9.17, 15) is 8.42 Å². The van der Waals surface area contributed by atoms with Gasteiger partial charge < -0.3 is 0 Å². The summed E-state index contributed by atoms with van der Waals surface area (Å²) in [4.78, 5) is 3.69. The third-order valence-electron chi connectivity index (χ3n) is 1.75. The number of nitrogens with zero attached hydrogens (tertiary/aromatic N) is 2. The van der Waals surface area contributed by atoms with E-state index in [1.54, 1.807) is 6.92 Å². The Balaban J connectivity index is 3.08.